The zero-order valence-electron chi connectivity index (χ0n) is 10.5. The minimum Gasteiger partial charge on any atom is -0.444 e. The summed E-state index contributed by atoms with van der Waals surface area (Å²) >= 11 is 0. The molecule has 9 heteroatoms. The third kappa shape index (κ3) is 5.31. The predicted molar refractivity (Wildman–Crippen MR) is 68.9 cm³/mol. The maximum atomic E-state index is 11.2. The molecule has 108 valence electrons. The van der Waals surface area contributed by atoms with Gasteiger partial charge in [-0.15, -0.1) is 0 Å². The summed E-state index contributed by atoms with van der Waals surface area (Å²) in [6.07, 6.45) is -0.919. The van der Waals surface area contributed by atoms with Gasteiger partial charge in [0.05, 0.1) is 4.92 Å². The van der Waals surface area contributed by atoms with Crippen molar-refractivity contribution in [3.8, 4) is 0 Å². The smallest absolute Gasteiger partial charge is 0.415 e. The first-order chi connectivity index (χ1) is 9.52. The summed E-state index contributed by atoms with van der Waals surface area (Å²) in [5.74, 6) is 0. The number of non-ortho nitro benzene ring substituents is 1. The molecule has 0 spiro atoms. The summed E-state index contributed by atoms with van der Waals surface area (Å²) in [5, 5.41) is 14.7. The second-order valence-electron chi connectivity index (χ2n) is 3.67. The topological polar surface area (TPSA) is 137 Å². The summed E-state index contributed by atoms with van der Waals surface area (Å²) in [7, 11) is 0. The fourth-order valence-corrected chi connectivity index (χ4v) is 1.22. The Kier molecular flexibility index (Phi) is 5.91. The second-order valence-corrected chi connectivity index (χ2v) is 3.67. The lowest BCUT2D eigenvalue weighted by molar-refractivity contribution is -0.384. The van der Waals surface area contributed by atoms with Crippen molar-refractivity contribution in [2.75, 3.05) is 13.1 Å². The molecule has 9 nitrogen and oxygen atoms in total. The van der Waals surface area contributed by atoms with Crippen molar-refractivity contribution in [1.29, 1.82) is 0 Å². The highest BCUT2D eigenvalue weighted by Gasteiger charge is 2.09. The van der Waals surface area contributed by atoms with E-state index in [0.29, 0.717) is 5.56 Å². The first-order valence-corrected chi connectivity index (χ1v) is 5.68. The quantitative estimate of drug-likeness (QED) is 0.531. The number of nitrogens with one attached hydrogen (secondary N) is 2. The molecule has 0 saturated heterocycles. The zero-order valence-corrected chi connectivity index (χ0v) is 10.5. The summed E-state index contributed by atoms with van der Waals surface area (Å²) in [6, 6.07) is 4.80. The number of nitrogens with two attached hydrogens (primary N) is 1. The number of hydrogen-bond acceptors (Lipinski definition) is 6. The lowest BCUT2D eigenvalue weighted by Crippen LogP contribution is -2.41. The highest BCUT2D eigenvalue weighted by Crippen LogP contribution is 2.12. The molecule has 0 heterocycles. The number of rotatable bonds is 5. The number of ether oxygens (including phenoxy) is 1. The van der Waals surface area contributed by atoms with Gasteiger partial charge in [-0.3, -0.25) is 10.1 Å². The number of amides is 3. The average molecular weight is 282 g/mol. The van der Waals surface area contributed by atoms with Crippen LogP contribution in [0.5, 0.6) is 0 Å². The van der Waals surface area contributed by atoms with E-state index < -0.39 is 17.0 Å². The average Bonchev–Trinajstić information content (AvgIpc) is 2.43. The van der Waals surface area contributed by atoms with Crippen molar-refractivity contribution >= 4 is 17.8 Å². The molecule has 0 aliphatic carbocycles. The Labute approximate surface area is 114 Å². The number of alkyl carbamates (subject to hydrolysis) is 1. The van der Waals surface area contributed by atoms with Crippen LogP contribution in [0.4, 0.5) is 15.3 Å². The van der Waals surface area contributed by atoms with E-state index in [-0.39, 0.29) is 25.4 Å². The third-order valence-corrected chi connectivity index (χ3v) is 2.16. The zero-order chi connectivity index (χ0) is 15.0. The fourth-order valence-electron chi connectivity index (χ4n) is 1.22. The molecule has 0 saturated carbocycles. The molecule has 0 unspecified atom stereocenters. The maximum absolute atomic E-state index is 11.2. The van der Waals surface area contributed by atoms with Crippen LogP contribution in [0, 0.1) is 10.1 Å². The van der Waals surface area contributed by atoms with Gasteiger partial charge in [0, 0.05) is 25.2 Å². The van der Waals surface area contributed by atoms with Crippen LogP contribution in [0.2, 0.25) is 0 Å². The first kappa shape index (κ1) is 15.4. The van der Waals surface area contributed by atoms with E-state index >= 15 is 0 Å². The van der Waals surface area contributed by atoms with E-state index in [1.807, 2.05) is 5.32 Å². The summed E-state index contributed by atoms with van der Waals surface area (Å²) in [5.41, 5.74) is 5.68. The highest BCUT2D eigenvalue weighted by molar-refractivity contribution is 5.90. The van der Waals surface area contributed by atoms with Crippen LogP contribution >= 0.6 is 0 Å². The molecule has 0 atom stereocenters. The number of nitrogens with zero attached hydrogens (tertiary/aromatic N) is 1. The lowest BCUT2D eigenvalue weighted by atomic mass is 10.2. The van der Waals surface area contributed by atoms with Gasteiger partial charge in [-0.05, 0) is 17.7 Å². The number of urea groups is 1. The number of nitro groups is 1. The van der Waals surface area contributed by atoms with Gasteiger partial charge in [-0.2, -0.15) is 0 Å². The Bertz CT molecular complexity index is 488. The summed E-state index contributed by atoms with van der Waals surface area (Å²) < 4.78 is 4.77. The summed E-state index contributed by atoms with van der Waals surface area (Å²) in [4.78, 5) is 32.2. The van der Waals surface area contributed by atoms with Crippen LogP contribution in [0.1, 0.15) is 5.56 Å². The van der Waals surface area contributed by atoms with Crippen molar-refractivity contribution in [2.24, 2.45) is 5.73 Å². The van der Waals surface area contributed by atoms with Crippen LogP contribution < -0.4 is 16.4 Å². The van der Waals surface area contributed by atoms with Crippen LogP contribution in [-0.2, 0) is 11.3 Å². The number of hydrogen-bond donors (Lipinski definition) is 3. The lowest BCUT2D eigenvalue weighted by Gasteiger charge is -2.07. The minimum atomic E-state index is -0.919. The standard InChI is InChI=1S/C11H14N4O5/c12-5-6-13-10(16)14-11(17)20-7-8-1-3-9(4-2-8)15(18)19/h1-4H,5-7,12H2,(H2,13,14,16,17). The van der Waals surface area contributed by atoms with Gasteiger partial charge < -0.3 is 15.8 Å². The van der Waals surface area contributed by atoms with Crippen molar-refractivity contribution in [3.05, 3.63) is 39.9 Å². The van der Waals surface area contributed by atoms with E-state index in [4.69, 9.17) is 10.5 Å². The van der Waals surface area contributed by atoms with Crippen molar-refractivity contribution in [1.82, 2.24) is 10.6 Å². The highest BCUT2D eigenvalue weighted by atomic mass is 16.6. The van der Waals surface area contributed by atoms with Crippen LogP contribution in [0.15, 0.2) is 24.3 Å². The van der Waals surface area contributed by atoms with E-state index in [2.05, 4.69) is 5.32 Å². The predicted octanol–water partition coefficient (Wildman–Crippen LogP) is 0.489. The van der Waals surface area contributed by atoms with Crippen molar-refractivity contribution in [3.63, 3.8) is 0 Å². The van der Waals surface area contributed by atoms with Gasteiger partial charge in [0.25, 0.3) is 5.69 Å². The monoisotopic (exact) mass is 282 g/mol. The first-order valence-electron chi connectivity index (χ1n) is 5.68. The van der Waals surface area contributed by atoms with Crippen molar-refractivity contribution in [2.45, 2.75) is 6.61 Å². The molecule has 0 aliphatic rings. The molecule has 1 aromatic rings. The van der Waals surface area contributed by atoms with E-state index in [0.717, 1.165) is 0 Å². The molecule has 0 bridgehead atoms. The molecule has 0 aliphatic heterocycles. The Balaban J connectivity index is 2.37. The summed E-state index contributed by atoms with van der Waals surface area (Å²) in [6.45, 7) is 0.390. The van der Waals surface area contributed by atoms with Crippen LogP contribution in [-0.4, -0.2) is 30.1 Å². The molecule has 0 aromatic heterocycles. The second kappa shape index (κ2) is 7.69. The van der Waals surface area contributed by atoms with E-state index in [1.165, 1.54) is 24.3 Å². The Morgan fingerprint density at radius 1 is 1.30 bits per heavy atom. The minimum absolute atomic E-state index is 0.0561. The Hall–Kier alpha value is -2.68. The van der Waals surface area contributed by atoms with Gasteiger partial charge in [0.1, 0.15) is 6.61 Å². The Morgan fingerprint density at radius 2 is 1.95 bits per heavy atom. The molecule has 0 radical (unpaired) electrons. The van der Waals surface area contributed by atoms with Gasteiger partial charge >= 0.3 is 12.1 Å². The molecule has 1 aromatic carbocycles. The number of imide groups is 1. The number of nitro benzene ring substituents is 1. The molecular weight excluding hydrogens is 268 g/mol. The normalized spacial score (nSPS) is 9.65. The molecule has 0 fully saturated rings. The van der Waals surface area contributed by atoms with E-state index in [9.17, 15) is 19.7 Å². The van der Waals surface area contributed by atoms with Crippen LogP contribution in [0.3, 0.4) is 0 Å². The molecule has 20 heavy (non-hydrogen) atoms. The number of benzene rings is 1. The molecule has 3 amide bonds. The van der Waals surface area contributed by atoms with Crippen molar-refractivity contribution < 1.29 is 19.2 Å². The van der Waals surface area contributed by atoms with Gasteiger partial charge in [-0.25, -0.2) is 14.9 Å². The largest absolute Gasteiger partial charge is 0.444 e. The maximum Gasteiger partial charge on any atom is 0.415 e. The third-order valence-electron chi connectivity index (χ3n) is 2.16. The van der Waals surface area contributed by atoms with Gasteiger partial charge in [-0.1, -0.05) is 0 Å². The molecule has 1 rings (SSSR count). The van der Waals surface area contributed by atoms with Crippen LogP contribution in [0.25, 0.3) is 0 Å². The SMILES string of the molecule is NCCNC(=O)NC(=O)OCc1ccc([N+](=O)[O-])cc1. The molecular formula is C11H14N4O5. The molecule has 4 N–H and O–H groups in total. The Morgan fingerprint density at radius 3 is 2.50 bits per heavy atom. The van der Waals surface area contributed by atoms with Gasteiger partial charge in [0.15, 0.2) is 0 Å². The van der Waals surface area contributed by atoms with E-state index in [1.54, 1.807) is 0 Å². The number of carbonyl (C=O) groups excluding carboxylic acids is 2. The van der Waals surface area contributed by atoms with Gasteiger partial charge in [0.2, 0.25) is 0 Å². The number of carbonyl (C=O) groups is 2. The fraction of sp³-hybridized carbons (Fsp3) is 0.273.